The zero-order valence-corrected chi connectivity index (χ0v) is 35.1. The number of nitrogens with two attached hydrogens (primary N) is 1. The molecule has 7 atom stereocenters. The van der Waals surface area contributed by atoms with Crippen LogP contribution in [0.3, 0.4) is 0 Å². The van der Waals surface area contributed by atoms with Crippen LogP contribution in [-0.2, 0) is 32.7 Å². The molecule has 1 saturated carbocycles. The summed E-state index contributed by atoms with van der Waals surface area (Å²) in [4.78, 5) is 35.0. The van der Waals surface area contributed by atoms with Crippen molar-refractivity contribution in [2.24, 2.45) is 17.6 Å². The fourth-order valence-corrected chi connectivity index (χ4v) is 7.05. The van der Waals surface area contributed by atoms with Gasteiger partial charge in [-0.25, -0.2) is 4.57 Å². The third-order valence-electron chi connectivity index (χ3n) is 9.46. The number of rotatable bonds is 34. The van der Waals surface area contributed by atoms with E-state index >= 15 is 0 Å². The van der Waals surface area contributed by atoms with Gasteiger partial charge in [0.15, 0.2) is 6.10 Å². The van der Waals surface area contributed by atoms with Crippen LogP contribution < -0.4 is 5.73 Å². The molecule has 0 bridgehead atoms. The molecule has 12 nitrogen and oxygen atoms in total. The first-order chi connectivity index (χ1) is 27.0. The average Bonchev–Trinajstić information content (AvgIpc) is 3.44. The van der Waals surface area contributed by atoms with Crippen molar-refractivity contribution in [3.05, 3.63) is 60.8 Å². The van der Waals surface area contributed by atoms with Gasteiger partial charge in [-0.2, -0.15) is 0 Å². The first kappa shape index (κ1) is 51.6. The number of ether oxygens (including phenoxy) is 2. The summed E-state index contributed by atoms with van der Waals surface area (Å²) in [5.74, 6) is -1.47. The van der Waals surface area contributed by atoms with Gasteiger partial charge in [0.1, 0.15) is 6.61 Å². The summed E-state index contributed by atoms with van der Waals surface area (Å²) in [5, 5.41) is 31.3. The molecule has 56 heavy (non-hydrogen) atoms. The Bertz CT molecular complexity index is 1220. The molecule has 0 heterocycles. The summed E-state index contributed by atoms with van der Waals surface area (Å²) in [6.07, 6.45) is 32.1. The molecule has 0 aromatic rings. The highest BCUT2D eigenvalue weighted by Crippen LogP contribution is 2.43. The number of hydrogen-bond donors (Lipinski definition) is 5. The normalized spacial score (nSPS) is 21.2. The van der Waals surface area contributed by atoms with E-state index in [1.54, 1.807) is 6.08 Å². The Kier molecular flexibility index (Phi) is 30.9. The minimum atomic E-state index is -4.45. The van der Waals surface area contributed by atoms with Crippen molar-refractivity contribution in [1.82, 2.24) is 0 Å². The fourth-order valence-electron chi connectivity index (χ4n) is 6.29. The molecule has 1 fully saturated rings. The van der Waals surface area contributed by atoms with E-state index < -0.39 is 50.8 Å². The van der Waals surface area contributed by atoms with E-state index in [1.807, 2.05) is 18.2 Å². The molecule has 0 spiro atoms. The number of aliphatic hydroxyl groups is 3. The van der Waals surface area contributed by atoms with E-state index in [1.165, 1.54) is 0 Å². The molecule has 0 saturated heterocycles. The molecular weight excluding hydrogens is 737 g/mol. The van der Waals surface area contributed by atoms with Crippen LogP contribution >= 0.6 is 7.82 Å². The van der Waals surface area contributed by atoms with Crippen molar-refractivity contribution >= 4 is 19.8 Å². The van der Waals surface area contributed by atoms with Crippen molar-refractivity contribution in [1.29, 1.82) is 0 Å². The zero-order valence-electron chi connectivity index (χ0n) is 34.2. The van der Waals surface area contributed by atoms with Gasteiger partial charge in [0, 0.05) is 31.7 Å². The molecule has 1 aliphatic rings. The van der Waals surface area contributed by atoms with Crippen molar-refractivity contribution in [2.75, 3.05) is 26.4 Å². The van der Waals surface area contributed by atoms with Crippen LogP contribution in [0.25, 0.3) is 0 Å². The first-order valence-corrected chi connectivity index (χ1v) is 22.5. The maximum Gasteiger partial charge on any atom is 0.472 e. The van der Waals surface area contributed by atoms with Crippen LogP contribution in [0.2, 0.25) is 0 Å². The minimum absolute atomic E-state index is 0.00895. The highest BCUT2D eigenvalue weighted by atomic mass is 31.2. The van der Waals surface area contributed by atoms with Crippen molar-refractivity contribution < 1.29 is 52.9 Å². The summed E-state index contributed by atoms with van der Waals surface area (Å²) in [5.41, 5.74) is 5.34. The van der Waals surface area contributed by atoms with Crippen molar-refractivity contribution in [2.45, 2.75) is 160 Å². The Morgan fingerprint density at radius 3 is 2.18 bits per heavy atom. The lowest BCUT2D eigenvalue weighted by Crippen LogP contribution is -2.29. The van der Waals surface area contributed by atoms with Gasteiger partial charge in [-0.1, -0.05) is 113 Å². The Labute approximate surface area is 336 Å². The number of phosphoric acid groups is 1. The van der Waals surface area contributed by atoms with Crippen LogP contribution in [0.15, 0.2) is 60.8 Å². The number of unbranched alkanes of at least 4 members (excludes halogenated alkanes) is 8. The summed E-state index contributed by atoms with van der Waals surface area (Å²) in [6, 6.07) is 0. The number of carbonyl (C=O) groups excluding carboxylic acids is 2. The summed E-state index contributed by atoms with van der Waals surface area (Å²) < 4.78 is 32.7. The van der Waals surface area contributed by atoms with Gasteiger partial charge in [0.05, 0.1) is 31.5 Å². The summed E-state index contributed by atoms with van der Waals surface area (Å²) in [6.45, 7) is 3.19. The predicted molar refractivity (Wildman–Crippen MR) is 221 cm³/mol. The van der Waals surface area contributed by atoms with Gasteiger partial charge in [0.2, 0.25) is 0 Å². The van der Waals surface area contributed by atoms with Crippen molar-refractivity contribution in [3.8, 4) is 0 Å². The topological polar surface area (TPSA) is 195 Å². The highest BCUT2D eigenvalue weighted by Gasteiger charge is 2.39. The molecule has 0 aliphatic heterocycles. The van der Waals surface area contributed by atoms with E-state index in [-0.39, 0.29) is 50.9 Å². The second kappa shape index (κ2) is 33.6. The monoisotopic (exact) mass is 811 g/mol. The molecular formula is C43H74NO11P. The number of allylic oxidation sites excluding steroid dienone is 8. The Morgan fingerprint density at radius 2 is 1.45 bits per heavy atom. The first-order valence-electron chi connectivity index (χ1n) is 21.0. The second-order valence-corrected chi connectivity index (χ2v) is 15.9. The molecule has 1 aliphatic carbocycles. The summed E-state index contributed by atoms with van der Waals surface area (Å²) in [7, 11) is -4.45. The molecule has 13 heteroatoms. The number of carbonyl (C=O) groups is 2. The van der Waals surface area contributed by atoms with E-state index in [2.05, 4.69) is 50.3 Å². The van der Waals surface area contributed by atoms with E-state index in [0.29, 0.717) is 32.1 Å². The standard InChI is InChI=1S/C43H74NO11P/c1-3-5-7-8-9-10-11-12-13-14-15-16-17-18-23-27-42(48)52-34-37(35-54-56(50,51)53-32-31-44)55-43(49)28-24-20-19-22-26-38-39(41(47)33-40(38)46)30-29-36(45)25-21-6-4-2/h5,7,9-10,12-13,19,22,29-30,36-41,45-47H,3-4,6,8,11,14-18,20-21,23-28,31-35,44H2,1-2H3,(H,50,51)/b7-5-,10-9-,13-12-,22-19+,30-29+/t36-,37+,38+,39+,40-,41+/m0/s1. The smallest absolute Gasteiger partial charge is 0.462 e. The Morgan fingerprint density at radius 1 is 0.786 bits per heavy atom. The number of esters is 2. The lowest BCUT2D eigenvalue weighted by molar-refractivity contribution is -0.161. The van der Waals surface area contributed by atoms with E-state index in [0.717, 1.165) is 70.6 Å². The molecule has 0 amide bonds. The maximum atomic E-state index is 12.7. The molecule has 0 aromatic carbocycles. The van der Waals surface area contributed by atoms with E-state index in [9.17, 15) is 34.4 Å². The molecule has 0 radical (unpaired) electrons. The van der Waals surface area contributed by atoms with Crippen LogP contribution in [0, 0.1) is 11.8 Å². The van der Waals surface area contributed by atoms with Gasteiger partial charge in [0.25, 0.3) is 0 Å². The molecule has 0 aromatic heterocycles. The van der Waals surface area contributed by atoms with Crippen LogP contribution in [-0.4, -0.2) is 82.9 Å². The maximum absolute atomic E-state index is 12.7. The van der Waals surface area contributed by atoms with Crippen molar-refractivity contribution in [3.63, 3.8) is 0 Å². The van der Waals surface area contributed by atoms with Gasteiger partial charge in [-0.05, 0) is 70.1 Å². The molecule has 6 N–H and O–H groups in total. The summed E-state index contributed by atoms with van der Waals surface area (Å²) >= 11 is 0. The highest BCUT2D eigenvalue weighted by molar-refractivity contribution is 7.47. The molecule has 1 rings (SSSR count). The van der Waals surface area contributed by atoms with Crippen LogP contribution in [0.1, 0.15) is 136 Å². The zero-order chi connectivity index (χ0) is 41.3. The number of aliphatic hydroxyl groups excluding tert-OH is 3. The Balaban J connectivity index is 2.45. The number of hydrogen-bond acceptors (Lipinski definition) is 11. The minimum Gasteiger partial charge on any atom is -0.462 e. The van der Waals surface area contributed by atoms with Gasteiger partial charge < -0.3 is 35.4 Å². The van der Waals surface area contributed by atoms with Gasteiger partial charge in [-0.3, -0.25) is 18.6 Å². The Hall–Kier alpha value is -2.41. The quantitative estimate of drug-likeness (QED) is 0.0182. The third-order valence-corrected chi connectivity index (χ3v) is 10.4. The third kappa shape index (κ3) is 27.3. The second-order valence-electron chi connectivity index (χ2n) is 14.4. The lowest BCUT2D eigenvalue weighted by Gasteiger charge is -2.20. The van der Waals surface area contributed by atoms with E-state index in [4.69, 9.17) is 24.3 Å². The molecule has 322 valence electrons. The number of phosphoric ester groups is 1. The van der Waals surface area contributed by atoms with Crippen LogP contribution in [0.4, 0.5) is 0 Å². The van der Waals surface area contributed by atoms with Crippen LogP contribution in [0.5, 0.6) is 0 Å². The predicted octanol–water partition coefficient (Wildman–Crippen LogP) is 8.10. The van der Waals surface area contributed by atoms with Gasteiger partial charge >= 0.3 is 19.8 Å². The average molecular weight is 812 g/mol. The SMILES string of the molecule is CC/C=C\C/C=C\C/C=C\CCCCCCCC(=O)OC[C@H](COP(=O)(O)OCCN)OC(=O)CCC/C=C/C[C@@H]1[C@@H](/C=C/[C@@H](O)CCCCC)[C@H](O)C[C@@H]1O. The van der Waals surface area contributed by atoms with Gasteiger partial charge in [-0.15, -0.1) is 0 Å². The molecule has 1 unspecified atom stereocenters. The largest absolute Gasteiger partial charge is 0.472 e. The fraction of sp³-hybridized carbons (Fsp3) is 0.721. The lowest BCUT2D eigenvalue weighted by atomic mass is 9.89.